The second-order valence-corrected chi connectivity index (χ2v) is 4.32. The molecule has 2 unspecified atom stereocenters. The number of hydrogen-bond donors (Lipinski definition) is 4. The second kappa shape index (κ2) is 7.18. The van der Waals surface area contributed by atoms with Crippen LogP contribution in [0.1, 0.15) is 23.7 Å². The van der Waals surface area contributed by atoms with E-state index in [4.69, 9.17) is 5.11 Å². The standard InChI is InChI=1S/C13H18FNO4/c1-15-5-4-11(16)13(19)10-7-9(14)3-2-8(10)6-12(17)18/h2-3,7,11,13,15-16,19H,4-6H2,1H3,(H,17,18). The molecule has 0 saturated heterocycles. The first-order chi connectivity index (χ1) is 8.95. The lowest BCUT2D eigenvalue weighted by Crippen LogP contribution is -2.24. The van der Waals surface area contributed by atoms with Crippen LogP contribution < -0.4 is 5.32 Å². The van der Waals surface area contributed by atoms with Crippen LogP contribution in [0.25, 0.3) is 0 Å². The lowest BCUT2D eigenvalue weighted by Gasteiger charge is -2.20. The highest BCUT2D eigenvalue weighted by molar-refractivity contribution is 5.70. The van der Waals surface area contributed by atoms with Crippen LogP contribution in [0.5, 0.6) is 0 Å². The van der Waals surface area contributed by atoms with Crippen LogP contribution in [-0.4, -0.2) is 41.0 Å². The van der Waals surface area contributed by atoms with E-state index in [1.165, 1.54) is 6.07 Å². The van der Waals surface area contributed by atoms with Crippen molar-refractivity contribution in [1.29, 1.82) is 0 Å². The van der Waals surface area contributed by atoms with Gasteiger partial charge in [0.2, 0.25) is 0 Å². The topological polar surface area (TPSA) is 89.8 Å². The number of hydrogen-bond acceptors (Lipinski definition) is 4. The van der Waals surface area contributed by atoms with Gasteiger partial charge in [0.15, 0.2) is 0 Å². The minimum absolute atomic E-state index is 0.117. The van der Waals surface area contributed by atoms with Crippen LogP contribution in [0.3, 0.4) is 0 Å². The van der Waals surface area contributed by atoms with Crippen molar-refractivity contribution in [3.8, 4) is 0 Å². The van der Waals surface area contributed by atoms with Crippen LogP contribution in [0, 0.1) is 5.82 Å². The molecule has 19 heavy (non-hydrogen) atoms. The number of carboxylic acid groups (broad SMARTS) is 1. The first kappa shape index (κ1) is 15.6. The van der Waals surface area contributed by atoms with Gasteiger partial charge in [0, 0.05) is 0 Å². The van der Waals surface area contributed by atoms with Crippen molar-refractivity contribution in [3.05, 3.63) is 35.1 Å². The van der Waals surface area contributed by atoms with E-state index in [1.807, 2.05) is 0 Å². The number of aliphatic carboxylic acids is 1. The number of carboxylic acids is 1. The van der Waals surface area contributed by atoms with Gasteiger partial charge in [-0.3, -0.25) is 4.79 Å². The van der Waals surface area contributed by atoms with Crippen molar-refractivity contribution < 1.29 is 24.5 Å². The van der Waals surface area contributed by atoms with E-state index in [0.717, 1.165) is 12.1 Å². The lowest BCUT2D eigenvalue weighted by molar-refractivity contribution is -0.136. The molecule has 0 heterocycles. The van der Waals surface area contributed by atoms with Crippen molar-refractivity contribution in [2.45, 2.75) is 25.0 Å². The molecular weight excluding hydrogens is 253 g/mol. The van der Waals surface area contributed by atoms with Gasteiger partial charge in [-0.15, -0.1) is 0 Å². The molecule has 0 saturated carbocycles. The van der Waals surface area contributed by atoms with E-state index in [2.05, 4.69) is 5.32 Å². The smallest absolute Gasteiger partial charge is 0.307 e. The van der Waals surface area contributed by atoms with E-state index < -0.39 is 24.0 Å². The van der Waals surface area contributed by atoms with Gasteiger partial charge < -0.3 is 20.6 Å². The fourth-order valence-electron chi connectivity index (χ4n) is 1.82. The van der Waals surface area contributed by atoms with Crippen molar-refractivity contribution in [3.63, 3.8) is 0 Å². The maximum absolute atomic E-state index is 13.2. The molecule has 6 heteroatoms. The molecule has 0 fully saturated rings. The summed E-state index contributed by atoms with van der Waals surface area (Å²) in [6.07, 6.45) is -2.44. The first-order valence-electron chi connectivity index (χ1n) is 5.96. The number of rotatable bonds is 7. The lowest BCUT2D eigenvalue weighted by atomic mass is 9.95. The minimum atomic E-state index is -1.31. The third-order valence-electron chi connectivity index (χ3n) is 2.82. The largest absolute Gasteiger partial charge is 0.481 e. The molecule has 1 rings (SSSR count). The second-order valence-electron chi connectivity index (χ2n) is 4.32. The fourth-order valence-corrected chi connectivity index (χ4v) is 1.82. The van der Waals surface area contributed by atoms with Crippen LogP contribution in [0.15, 0.2) is 18.2 Å². The molecule has 0 spiro atoms. The van der Waals surface area contributed by atoms with E-state index in [-0.39, 0.29) is 18.4 Å². The highest BCUT2D eigenvalue weighted by Gasteiger charge is 2.22. The molecule has 0 amide bonds. The van der Waals surface area contributed by atoms with Gasteiger partial charge in [-0.25, -0.2) is 4.39 Å². The van der Waals surface area contributed by atoms with Crippen molar-refractivity contribution in [1.82, 2.24) is 5.32 Å². The zero-order chi connectivity index (χ0) is 14.4. The molecule has 1 aromatic carbocycles. The summed E-state index contributed by atoms with van der Waals surface area (Å²) in [7, 11) is 1.71. The molecule has 0 aliphatic carbocycles. The Labute approximate surface area is 110 Å². The van der Waals surface area contributed by atoms with Crippen LogP contribution in [0.4, 0.5) is 4.39 Å². The Bertz CT molecular complexity index is 439. The molecule has 2 atom stereocenters. The van der Waals surface area contributed by atoms with Gasteiger partial charge in [-0.1, -0.05) is 6.07 Å². The number of aliphatic hydroxyl groups excluding tert-OH is 2. The molecule has 0 aliphatic rings. The molecule has 106 valence electrons. The SMILES string of the molecule is CNCCC(O)C(O)c1cc(F)ccc1CC(=O)O. The molecule has 4 N–H and O–H groups in total. The Balaban J connectivity index is 2.95. The van der Waals surface area contributed by atoms with Crippen LogP contribution >= 0.6 is 0 Å². The maximum atomic E-state index is 13.2. The van der Waals surface area contributed by atoms with Crippen molar-refractivity contribution in [2.75, 3.05) is 13.6 Å². The van der Waals surface area contributed by atoms with E-state index >= 15 is 0 Å². The molecular formula is C13H18FNO4. The summed E-state index contributed by atoms with van der Waals surface area (Å²) in [4.78, 5) is 10.7. The normalized spacial score (nSPS) is 14.1. The van der Waals surface area contributed by atoms with Gasteiger partial charge in [-0.05, 0) is 43.3 Å². The Kier molecular flexibility index (Phi) is 5.88. The average molecular weight is 271 g/mol. The number of aliphatic hydroxyl groups is 2. The van der Waals surface area contributed by atoms with Crippen LogP contribution in [-0.2, 0) is 11.2 Å². The summed E-state index contributed by atoms with van der Waals surface area (Å²) in [5, 5.41) is 31.4. The Morgan fingerprint density at radius 3 is 2.68 bits per heavy atom. The third kappa shape index (κ3) is 4.59. The van der Waals surface area contributed by atoms with Gasteiger partial charge in [0.1, 0.15) is 11.9 Å². The summed E-state index contributed by atoms with van der Waals surface area (Å²) in [6.45, 7) is 0.488. The summed E-state index contributed by atoms with van der Waals surface area (Å²) in [5.74, 6) is -1.66. The van der Waals surface area contributed by atoms with Gasteiger partial charge in [0.25, 0.3) is 0 Å². The monoisotopic (exact) mass is 271 g/mol. The number of halogens is 1. The van der Waals surface area contributed by atoms with Crippen molar-refractivity contribution in [2.24, 2.45) is 0 Å². The Hall–Kier alpha value is -1.50. The van der Waals surface area contributed by atoms with E-state index in [0.29, 0.717) is 12.1 Å². The zero-order valence-electron chi connectivity index (χ0n) is 10.6. The van der Waals surface area contributed by atoms with Crippen LogP contribution in [0.2, 0.25) is 0 Å². The first-order valence-corrected chi connectivity index (χ1v) is 5.96. The number of carbonyl (C=O) groups is 1. The molecule has 1 aromatic rings. The quantitative estimate of drug-likeness (QED) is 0.578. The average Bonchev–Trinajstić information content (AvgIpc) is 2.36. The summed E-state index contributed by atoms with van der Waals surface area (Å²) in [6, 6.07) is 3.51. The summed E-state index contributed by atoms with van der Waals surface area (Å²) < 4.78 is 13.2. The summed E-state index contributed by atoms with van der Waals surface area (Å²) >= 11 is 0. The number of benzene rings is 1. The van der Waals surface area contributed by atoms with E-state index in [9.17, 15) is 19.4 Å². The minimum Gasteiger partial charge on any atom is -0.481 e. The predicted molar refractivity (Wildman–Crippen MR) is 67.3 cm³/mol. The maximum Gasteiger partial charge on any atom is 0.307 e. The molecule has 0 aromatic heterocycles. The molecule has 5 nitrogen and oxygen atoms in total. The highest BCUT2D eigenvalue weighted by Crippen LogP contribution is 2.24. The summed E-state index contributed by atoms with van der Waals surface area (Å²) in [5.41, 5.74) is 0.413. The van der Waals surface area contributed by atoms with Gasteiger partial charge in [-0.2, -0.15) is 0 Å². The van der Waals surface area contributed by atoms with Gasteiger partial charge >= 0.3 is 5.97 Å². The number of nitrogens with one attached hydrogen (secondary N) is 1. The Morgan fingerprint density at radius 2 is 2.11 bits per heavy atom. The zero-order valence-corrected chi connectivity index (χ0v) is 10.6. The van der Waals surface area contributed by atoms with Crippen molar-refractivity contribution >= 4 is 5.97 Å². The third-order valence-corrected chi connectivity index (χ3v) is 2.82. The van der Waals surface area contributed by atoms with Gasteiger partial charge in [0.05, 0.1) is 12.5 Å². The Morgan fingerprint density at radius 1 is 1.42 bits per heavy atom. The molecule has 0 aliphatic heterocycles. The predicted octanol–water partition coefficient (Wildman–Crippen LogP) is 0.457. The van der Waals surface area contributed by atoms with E-state index in [1.54, 1.807) is 7.05 Å². The fraction of sp³-hybridized carbons (Fsp3) is 0.462. The molecule has 0 radical (unpaired) electrons. The molecule has 0 bridgehead atoms. The highest BCUT2D eigenvalue weighted by atomic mass is 19.1.